The van der Waals surface area contributed by atoms with E-state index in [0.29, 0.717) is 6.10 Å². The van der Waals surface area contributed by atoms with Crippen LogP contribution in [-0.4, -0.2) is 42.3 Å². The molecule has 0 unspecified atom stereocenters. The summed E-state index contributed by atoms with van der Waals surface area (Å²) in [4.78, 5) is 7.75. The van der Waals surface area contributed by atoms with Crippen LogP contribution in [0.1, 0.15) is 19.3 Å². The van der Waals surface area contributed by atoms with Crippen molar-refractivity contribution in [3.8, 4) is 0 Å². The monoisotopic (exact) mass is 274 g/mol. The smallest absolute Gasteiger partial charge is 0.201 e. The lowest BCUT2D eigenvalue weighted by molar-refractivity contribution is 0.0329. The molecule has 0 bridgehead atoms. The van der Waals surface area contributed by atoms with E-state index in [9.17, 15) is 0 Å². The number of aromatic amines is 1. The number of anilines is 1. The molecule has 1 aromatic carbocycles. The van der Waals surface area contributed by atoms with Crippen molar-refractivity contribution < 1.29 is 4.74 Å². The third-order valence-electron chi connectivity index (χ3n) is 3.64. The van der Waals surface area contributed by atoms with E-state index >= 15 is 0 Å². The van der Waals surface area contributed by atoms with Crippen LogP contribution in [0.3, 0.4) is 0 Å². The van der Waals surface area contributed by atoms with Crippen molar-refractivity contribution in [1.29, 1.82) is 0 Å². The van der Waals surface area contributed by atoms with Crippen LogP contribution in [-0.2, 0) is 4.74 Å². The number of imidazole rings is 1. The molecule has 1 aromatic heterocycles. The average molecular weight is 274 g/mol. The second-order valence-corrected chi connectivity index (χ2v) is 5.20. The second-order valence-electron chi connectivity index (χ2n) is 5.20. The quantitative estimate of drug-likeness (QED) is 0.706. The molecular formula is C15H22N4O. The number of aromatic nitrogens is 2. The Hall–Kier alpha value is -1.59. The van der Waals surface area contributed by atoms with Crippen molar-refractivity contribution in [2.75, 3.05) is 31.6 Å². The topological polar surface area (TPSA) is 62.0 Å². The van der Waals surface area contributed by atoms with Crippen LogP contribution in [0.4, 0.5) is 5.95 Å². The Morgan fingerprint density at radius 2 is 2.10 bits per heavy atom. The van der Waals surface area contributed by atoms with Gasteiger partial charge in [-0.3, -0.25) is 0 Å². The van der Waals surface area contributed by atoms with Gasteiger partial charge < -0.3 is 20.4 Å². The maximum atomic E-state index is 5.87. The van der Waals surface area contributed by atoms with Crippen LogP contribution >= 0.6 is 0 Å². The van der Waals surface area contributed by atoms with Crippen LogP contribution < -0.4 is 10.6 Å². The van der Waals surface area contributed by atoms with Gasteiger partial charge in [0.2, 0.25) is 5.95 Å². The predicted octanol–water partition coefficient (Wildman–Crippen LogP) is 2.13. The van der Waals surface area contributed by atoms with E-state index in [-0.39, 0.29) is 0 Å². The largest absolute Gasteiger partial charge is 0.378 e. The maximum Gasteiger partial charge on any atom is 0.201 e. The van der Waals surface area contributed by atoms with E-state index < -0.39 is 0 Å². The third kappa shape index (κ3) is 3.49. The van der Waals surface area contributed by atoms with Crippen molar-refractivity contribution in [2.45, 2.75) is 25.4 Å². The molecule has 2 aromatic rings. The van der Waals surface area contributed by atoms with Gasteiger partial charge in [-0.1, -0.05) is 12.1 Å². The van der Waals surface area contributed by atoms with Gasteiger partial charge in [-0.25, -0.2) is 4.98 Å². The normalized spacial score (nSPS) is 16.6. The first-order valence-corrected chi connectivity index (χ1v) is 7.43. The molecule has 3 N–H and O–H groups in total. The average Bonchev–Trinajstić information content (AvgIpc) is 2.90. The van der Waals surface area contributed by atoms with Gasteiger partial charge >= 0.3 is 0 Å². The standard InChI is InChI=1S/C15H22N4O/c1-2-5-14-13(4-1)18-15(19-14)17-8-3-11-20-12-6-9-16-10-7-12/h1-2,4-5,12,16H,3,6-11H2,(H2,17,18,19). The summed E-state index contributed by atoms with van der Waals surface area (Å²) in [5.74, 6) is 0.841. The fourth-order valence-corrected chi connectivity index (χ4v) is 2.53. The van der Waals surface area contributed by atoms with Crippen LogP contribution in [0, 0.1) is 0 Å². The number of piperidine rings is 1. The number of hydrogen-bond donors (Lipinski definition) is 3. The minimum absolute atomic E-state index is 0.447. The summed E-state index contributed by atoms with van der Waals surface area (Å²) in [6, 6.07) is 8.06. The highest BCUT2D eigenvalue weighted by Gasteiger charge is 2.12. The van der Waals surface area contributed by atoms with Crippen molar-refractivity contribution in [1.82, 2.24) is 15.3 Å². The number of H-pyrrole nitrogens is 1. The Kier molecular flexibility index (Phi) is 4.50. The Morgan fingerprint density at radius 1 is 1.25 bits per heavy atom. The fourth-order valence-electron chi connectivity index (χ4n) is 2.53. The molecule has 108 valence electrons. The summed E-state index contributed by atoms with van der Waals surface area (Å²) in [6.07, 6.45) is 3.72. The highest BCUT2D eigenvalue weighted by molar-refractivity contribution is 5.77. The van der Waals surface area contributed by atoms with Crippen LogP contribution in [0.25, 0.3) is 11.0 Å². The first-order chi connectivity index (χ1) is 9.92. The summed E-state index contributed by atoms with van der Waals surface area (Å²) in [5.41, 5.74) is 2.07. The van der Waals surface area contributed by atoms with Crippen molar-refractivity contribution in [2.24, 2.45) is 0 Å². The van der Waals surface area contributed by atoms with Gasteiger partial charge in [-0.2, -0.15) is 0 Å². The third-order valence-corrected chi connectivity index (χ3v) is 3.64. The highest BCUT2D eigenvalue weighted by atomic mass is 16.5. The Labute approximate surface area is 119 Å². The first-order valence-electron chi connectivity index (χ1n) is 7.43. The van der Waals surface area contributed by atoms with Gasteiger partial charge in [0.25, 0.3) is 0 Å². The summed E-state index contributed by atoms with van der Waals surface area (Å²) in [7, 11) is 0. The van der Waals surface area contributed by atoms with Crippen molar-refractivity contribution in [3.05, 3.63) is 24.3 Å². The van der Waals surface area contributed by atoms with Crippen molar-refractivity contribution in [3.63, 3.8) is 0 Å². The highest BCUT2D eigenvalue weighted by Crippen LogP contribution is 2.13. The molecule has 20 heavy (non-hydrogen) atoms. The molecular weight excluding hydrogens is 252 g/mol. The molecule has 0 atom stereocenters. The molecule has 0 saturated carbocycles. The van der Waals surface area contributed by atoms with Crippen molar-refractivity contribution >= 4 is 17.0 Å². The lowest BCUT2D eigenvalue weighted by Crippen LogP contribution is -2.32. The molecule has 3 rings (SSSR count). The lowest BCUT2D eigenvalue weighted by Gasteiger charge is -2.22. The fraction of sp³-hybridized carbons (Fsp3) is 0.533. The van der Waals surface area contributed by atoms with E-state index in [2.05, 4.69) is 20.6 Å². The Bertz CT molecular complexity index is 500. The predicted molar refractivity (Wildman–Crippen MR) is 81.0 cm³/mol. The van der Waals surface area contributed by atoms with E-state index in [1.165, 1.54) is 0 Å². The molecule has 0 aliphatic carbocycles. The minimum Gasteiger partial charge on any atom is -0.378 e. The zero-order chi connectivity index (χ0) is 13.6. The molecule has 1 aliphatic rings. The lowest BCUT2D eigenvalue weighted by atomic mass is 10.1. The molecule has 2 heterocycles. The van der Waals surface area contributed by atoms with E-state index in [0.717, 1.165) is 62.5 Å². The van der Waals surface area contributed by atoms with Crippen LogP contribution in [0.15, 0.2) is 24.3 Å². The minimum atomic E-state index is 0.447. The second kappa shape index (κ2) is 6.72. The number of nitrogens with zero attached hydrogens (tertiary/aromatic N) is 1. The van der Waals surface area contributed by atoms with Gasteiger partial charge in [0.15, 0.2) is 0 Å². The number of para-hydroxylation sites is 2. The van der Waals surface area contributed by atoms with Gasteiger partial charge in [-0.05, 0) is 44.5 Å². The molecule has 0 spiro atoms. The van der Waals surface area contributed by atoms with Gasteiger partial charge in [0.1, 0.15) is 0 Å². The van der Waals surface area contributed by atoms with Gasteiger partial charge in [-0.15, -0.1) is 0 Å². The zero-order valence-electron chi connectivity index (χ0n) is 11.7. The summed E-state index contributed by atoms with van der Waals surface area (Å²) in [5, 5.41) is 6.66. The zero-order valence-corrected chi connectivity index (χ0v) is 11.7. The number of fused-ring (bicyclic) bond motifs is 1. The van der Waals surface area contributed by atoms with E-state index in [4.69, 9.17) is 4.74 Å². The number of benzene rings is 1. The van der Waals surface area contributed by atoms with Gasteiger partial charge in [0, 0.05) is 13.2 Å². The Morgan fingerprint density at radius 3 is 2.95 bits per heavy atom. The van der Waals surface area contributed by atoms with Crippen LogP contribution in [0.2, 0.25) is 0 Å². The number of ether oxygens (including phenoxy) is 1. The SMILES string of the molecule is c1ccc2[nH]c(NCCCOC3CCNCC3)nc2c1. The molecule has 1 saturated heterocycles. The van der Waals surface area contributed by atoms with Crippen LogP contribution in [0.5, 0.6) is 0 Å². The molecule has 1 aliphatic heterocycles. The maximum absolute atomic E-state index is 5.87. The molecule has 0 radical (unpaired) electrons. The summed E-state index contributed by atoms with van der Waals surface area (Å²) < 4.78 is 5.87. The number of nitrogens with one attached hydrogen (secondary N) is 3. The summed E-state index contributed by atoms with van der Waals surface area (Å²) in [6.45, 7) is 3.87. The molecule has 1 fully saturated rings. The first kappa shape index (κ1) is 13.4. The summed E-state index contributed by atoms with van der Waals surface area (Å²) >= 11 is 0. The molecule has 0 amide bonds. The van der Waals surface area contributed by atoms with E-state index in [1.807, 2.05) is 24.3 Å². The molecule has 5 nitrogen and oxygen atoms in total. The van der Waals surface area contributed by atoms with E-state index in [1.54, 1.807) is 0 Å². The number of rotatable bonds is 6. The molecule has 5 heteroatoms. The Balaban J connectivity index is 1.37. The number of hydrogen-bond acceptors (Lipinski definition) is 4. The van der Waals surface area contributed by atoms with Gasteiger partial charge in [0.05, 0.1) is 17.1 Å².